The van der Waals surface area contributed by atoms with Crippen LogP contribution in [0.25, 0.3) is 0 Å². The van der Waals surface area contributed by atoms with Gasteiger partial charge in [0.25, 0.3) is 5.91 Å². The summed E-state index contributed by atoms with van der Waals surface area (Å²) in [6.45, 7) is 1.35. The number of carbonyl (C=O) groups is 3. The standard InChI is InChI=1S/C25H29N3O6/c1-32-17-9-10-21(22(13-17)33-2)28-15-16(12-23(28)29)24(30)27-20-8-4-3-7-19(20)25(31)26-14-18-6-5-11-34-18/h3-4,7-10,13,16,18H,5-6,11-12,14-15H2,1-2H3,(H,26,31)(H,27,30)/t16-,18-/m0/s1. The van der Waals surface area contributed by atoms with Crippen molar-refractivity contribution in [3.63, 3.8) is 0 Å². The quantitative estimate of drug-likeness (QED) is 0.618. The van der Waals surface area contributed by atoms with Crippen LogP contribution in [0.5, 0.6) is 11.5 Å². The van der Waals surface area contributed by atoms with Crippen LogP contribution in [0.15, 0.2) is 42.5 Å². The minimum absolute atomic E-state index is 0.0242. The average molecular weight is 468 g/mol. The Balaban J connectivity index is 1.43. The van der Waals surface area contributed by atoms with E-state index in [1.54, 1.807) is 54.5 Å². The monoisotopic (exact) mass is 467 g/mol. The summed E-state index contributed by atoms with van der Waals surface area (Å²) in [5, 5.41) is 5.72. The van der Waals surface area contributed by atoms with Gasteiger partial charge in [0.2, 0.25) is 11.8 Å². The van der Waals surface area contributed by atoms with Crippen molar-refractivity contribution in [3.8, 4) is 11.5 Å². The van der Waals surface area contributed by atoms with Crippen molar-refractivity contribution in [2.75, 3.05) is 44.1 Å². The van der Waals surface area contributed by atoms with E-state index < -0.39 is 5.92 Å². The third-order valence-corrected chi connectivity index (χ3v) is 6.12. The van der Waals surface area contributed by atoms with Crippen molar-refractivity contribution < 1.29 is 28.6 Å². The molecule has 180 valence electrons. The molecule has 2 aliphatic heterocycles. The lowest BCUT2D eigenvalue weighted by molar-refractivity contribution is -0.122. The van der Waals surface area contributed by atoms with E-state index in [-0.39, 0.29) is 36.8 Å². The number of hydrogen-bond acceptors (Lipinski definition) is 6. The Hall–Kier alpha value is -3.59. The molecule has 9 nitrogen and oxygen atoms in total. The number of benzene rings is 2. The third kappa shape index (κ3) is 5.14. The van der Waals surface area contributed by atoms with Crippen molar-refractivity contribution in [2.45, 2.75) is 25.4 Å². The van der Waals surface area contributed by atoms with Crippen LogP contribution in [-0.2, 0) is 14.3 Å². The highest BCUT2D eigenvalue weighted by atomic mass is 16.5. The molecule has 0 aliphatic carbocycles. The SMILES string of the molecule is COc1ccc(N2C[C@@H](C(=O)Nc3ccccc3C(=O)NC[C@@H]3CCCO3)CC2=O)c(OC)c1. The molecule has 0 aromatic heterocycles. The maximum atomic E-state index is 13.0. The number of ether oxygens (including phenoxy) is 3. The number of nitrogens with one attached hydrogen (secondary N) is 2. The molecule has 2 atom stereocenters. The third-order valence-electron chi connectivity index (χ3n) is 6.12. The molecular formula is C25H29N3O6. The van der Waals surface area contributed by atoms with E-state index in [1.165, 1.54) is 7.11 Å². The van der Waals surface area contributed by atoms with Crippen molar-refractivity contribution in [2.24, 2.45) is 5.92 Å². The summed E-state index contributed by atoms with van der Waals surface area (Å²) in [5.41, 5.74) is 1.36. The van der Waals surface area contributed by atoms with Gasteiger partial charge in [0.05, 0.1) is 43.2 Å². The van der Waals surface area contributed by atoms with Crippen molar-refractivity contribution in [1.29, 1.82) is 0 Å². The van der Waals surface area contributed by atoms with Crippen molar-refractivity contribution >= 4 is 29.1 Å². The fourth-order valence-electron chi connectivity index (χ4n) is 4.26. The highest BCUT2D eigenvalue weighted by Crippen LogP contribution is 2.36. The van der Waals surface area contributed by atoms with Gasteiger partial charge in [-0.25, -0.2) is 0 Å². The first-order chi connectivity index (χ1) is 16.5. The molecule has 9 heteroatoms. The minimum Gasteiger partial charge on any atom is -0.497 e. The van der Waals surface area contributed by atoms with Crippen LogP contribution in [0.4, 0.5) is 11.4 Å². The molecule has 2 aromatic carbocycles. The lowest BCUT2D eigenvalue weighted by atomic mass is 10.1. The molecule has 0 radical (unpaired) electrons. The van der Waals surface area contributed by atoms with Crippen LogP contribution in [0.1, 0.15) is 29.6 Å². The van der Waals surface area contributed by atoms with Gasteiger partial charge in [-0.05, 0) is 37.1 Å². The highest BCUT2D eigenvalue weighted by Gasteiger charge is 2.36. The largest absolute Gasteiger partial charge is 0.497 e. The lowest BCUT2D eigenvalue weighted by Gasteiger charge is -2.20. The molecule has 2 fully saturated rings. The fourth-order valence-corrected chi connectivity index (χ4v) is 4.26. The van der Waals surface area contributed by atoms with Crippen LogP contribution in [0.2, 0.25) is 0 Å². The Morgan fingerprint density at radius 2 is 1.97 bits per heavy atom. The maximum Gasteiger partial charge on any atom is 0.253 e. The zero-order chi connectivity index (χ0) is 24.1. The molecule has 0 spiro atoms. The second kappa shape index (κ2) is 10.6. The van der Waals surface area contributed by atoms with E-state index >= 15 is 0 Å². The molecule has 4 rings (SSSR count). The number of amides is 3. The Bertz CT molecular complexity index is 1070. The first kappa shape index (κ1) is 23.6. The van der Waals surface area contributed by atoms with Crippen molar-refractivity contribution in [3.05, 3.63) is 48.0 Å². The second-order valence-electron chi connectivity index (χ2n) is 8.32. The topological polar surface area (TPSA) is 106 Å². The zero-order valence-electron chi connectivity index (χ0n) is 19.3. The Labute approximate surface area is 198 Å². The number of anilines is 2. The second-order valence-corrected chi connectivity index (χ2v) is 8.32. The fraction of sp³-hybridized carbons (Fsp3) is 0.400. The van der Waals surface area contributed by atoms with Crippen molar-refractivity contribution in [1.82, 2.24) is 5.32 Å². The van der Waals surface area contributed by atoms with Crippen LogP contribution >= 0.6 is 0 Å². The zero-order valence-corrected chi connectivity index (χ0v) is 19.3. The predicted molar refractivity (Wildman–Crippen MR) is 126 cm³/mol. The molecule has 3 amide bonds. The van der Waals surface area contributed by atoms with Gasteiger partial charge in [-0.2, -0.15) is 0 Å². The Morgan fingerprint density at radius 1 is 1.15 bits per heavy atom. The molecule has 2 aliphatic rings. The van der Waals surface area contributed by atoms with Gasteiger partial charge in [-0.3, -0.25) is 14.4 Å². The van der Waals surface area contributed by atoms with E-state index in [2.05, 4.69) is 10.6 Å². The first-order valence-corrected chi connectivity index (χ1v) is 11.3. The van der Waals surface area contributed by atoms with Gasteiger partial charge in [0, 0.05) is 32.2 Å². The number of hydrogen-bond donors (Lipinski definition) is 2. The summed E-state index contributed by atoms with van der Waals surface area (Å²) >= 11 is 0. The Kier molecular flexibility index (Phi) is 7.32. The van der Waals surface area contributed by atoms with Gasteiger partial charge in [0.1, 0.15) is 11.5 Å². The van der Waals surface area contributed by atoms with Gasteiger partial charge < -0.3 is 29.7 Å². The highest BCUT2D eigenvalue weighted by molar-refractivity contribution is 6.07. The summed E-state index contributed by atoms with van der Waals surface area (Å²) in [5.74, 6) is -0.243. The molecule has 0 bridgehead atoms. The number of carbonyl (C=O) groups excluding carboxylic acids is 3. The normalized spacial score (nSPS) is 19.7. The van der Waals surface area contributed by atoms with Crippen LogP contribution in [-0.4, -0.2) is 57.7 Å². The van der Waals surface area contributed by atoms with Gasteiger partial charge in [-0.15, -0.1) is 0 Å². The number of nitrogens with zero attached hydrogens (tertiary/aromatic N) is 1. The molecule has 0 saturated carbocycles. The molecule has 0 unspecified atom stereocenters. The van der Waals surface area contributed by atoms with Crippen LogP contribution in [0.3, 0.4) is 0 Å². The smallest absolute Gasteiger partial charge is 0.253 e. The van der Waals surface area contributed by atoms with Gasteiger partial charge in [-0.1, -0.05) is 12.1 Å². The van der Waals surface area contributed by atoms with E-state index in [9.17, 15) is 14.4 Å². The number of rotatable bonds is 8. The maximum absolute atomic E-state index is 13.0. The summed E-state index contributed by atoms with van der Waals surface area (Å²) in [6, 6.07) is 12.0. The van der Waals surface area contributed by atoms with Gasteiger partial charge >= 0.3 is 0 Å². The molecular weight excluding hydrogens is 438 g/mol. The van der Waals surface area contributed by atoms with Crippen LogP contribution in [0, 0.1) is 5.92 Å². The Morgan fingerprint density at radius 3 is 2.71 bits per heavy atom. The summed E-state index contributed by atoms with van der Waals surface area (Å²) < 4.78 is 16.2. The van der Waals surface area contributed by atoms with E-state index in [0.29, 0.717) is 41.6 Å². The first-order valence-electron chi connectivity index (χ1n) is 11.3. The molecule has 34 heavy (non-hydrogen) atoms. The van der Waals surface area contributed by atoms with Crippen LogP contribution < -0.4 is 25.0 Å². The van der Waals surface area contributed by atoms with E-state index in [0.717, 1.165) is 12.8 Å². The average Bonchev–Trinajstić information content (AvgIpc) is 3.52. The summed E-state index contributed by atoms with van der Waals surface area (Å²) in [7, 11) is 3.07. The lowest BCUT2D eigenvalue weighted by Crippen LogP contribution is -2.33. The number of methoxy groups -OCH3 is 2. The predicted octanol–water partition coefficient (Wildman–Crippen LogP) is 2.60. The molecule has 2 N–H and O–H groups in total. The summed E-state index contributed by atoms with van der Waals surface area (Å²) in [4.78, 5) is 40.1. The van der Waals surface area contributed by atoms with E-state index in [1.807, 2.05) is 0 Å². The summed E-state index contributed by atoms with van der Waals surface area (Å²) in [6.07, 6.45) is 2.00. The van der Waals surface area contributed by atoms with Gasteiger partial charge in [0.15, 0.2) is 0 Å². The van der Waals surface area contributed by atoms with E-state index in [4.69, 9.17) is 14.2 Å². The molecule has 2 heterocycles. The minimum atomic E-state index is -0.567. The molecule has 2 aromatic rings. The molecule has 2 saturated heterocycles. The number of para-hydroxylation sites is 1.